The number of benzene rings is 1. The Balaban J connectivity index is 1.83. The molecular formula is C14H12FN3O2. The summed E-state index contributed by atoms with van der Waals surface area (Å²) < 4.78 is 12.6. The standard InChI is InChI=1S/C14H12FN3O2/c15-12-7-6-11(8-16-12)18-13(19)9-17-14(20)10-4-2-1-3-5-10/h1-8H,9H2,(H,17,20)(H,18,19). The summed E-state index contributed by atoms with van der Waals surface area (Å²) in [5, 5.41) is 4.98. The third kappa shape index (κ3) is 3.88. The zero-order valence-corrected chi connectivity index (χ0v) is 10.5. The minimum absolute atomic E-state index is 0.175. The predicted molar refractivity (Wildman–Crippen MR) is 71.6 cm³/mol. The van der Waals surface area contributed by atoms with Crippen molar-refractivity contribution in [2.45, 2.75) is 0 Å². The number of amides is 2. The van der Waals surface area contributed by atoms with Crippen LogP contribution in [0.4, 0.5) is 10.1 Å². The highest BCUT2D eigenvalue weighted by atomic mass is 19.1. The Morgan fingerprint density at radius 3 is 2.50 bits per heavy atom. The van der Waals surface area contributed by atoms with Crippen LogP contribution in [0, 0.1) is 5.95 Å². The molecule has 6 heteroatoms. The number of hydrogen-bond donors (Lipinski definition) is 2. The van der Waals surface area contributed by atoms with E-state index in [0.29, 0.717) is 11.3 Å². The van der Waals surface area contributed by atoms with Crippen LogP contribution in [-0.2, 0) is 4.79 Å². The molecule has 2 rings (SSSR count). The van der Waals surface area contributed by atoms with Crippen LogP contribution in [0.15, 0.2) is 48.7 Å². The molecule has 0 bridgehead atoms. The van der Waals surface area contributed by atoms with Gasteiger partial charge in [-0.15, -0.1) is 0 Å². The Kier molecular flexibility index (Phi) is 4.39. The fourth-order valence-corrected chi connectivity index (χ4v) is 1.51. The highest BCUT2D eigenvalue weighted by Gasteiger charge is 2.07. The van der Waals surface area contributed by atoms with Gasteiger partial charge < -0.3 is 10.6 Å². The summed E-state index contributed by atoms with van der Waals surface area (Å²) in [5.74, 6) is -1.37. The van der Waals surface area contributed by atoms with Crippen LogP contribution in [0.1, 0.15) is 10.4 Å². The third-order valence-electron chi connectivity index (χ3n) is 2.46. The average molecular weight is 273 g/mol. The minimum atomic E-state index is -0.625. The molecule has 0 aliphatic heterocycles. The predicted octanol–water partition coefficient (Wildman–Crippen LogP) is 1.59. The fraction of sp³-hybridized carbons (Fsp3) is 0.0714. The maximum atomic E-state index is 12.6. The van der Waals surface area contributed by atoms with Crippen LogP contribution in [0.5, 0.6) is 0 Å². The van der Waals surface area contributed by atoms with Crippen LogP contribution in [0.2, 0.25) is 0 Å². The summed E-state index contributed by atoms with van der Waals surface area (Å²) >= 11 is 0. The molecule has 2 amide bonds. The number of nitrogens with zero attached hydrogens (tertiary/aromatic N) is 1. The van der Waals surface area contributed by atoms with Gasteiger partial charge in [-0.2, -0.15) is 4.39 Å². The molecule has 2 N–H and O–H groups in total. The molecule has 1 aromatic carbocycles. The van der Waals surface area contributed by atoms with E-state index in [4.69, 9.17) is 0 Å². The Morgan fingerprint density at radius 1 is 1.10 bits per heavy atom. The van der Waals surface area contributed by atoms with Gasteiger partial charge in [0, 0.05) is 5.56 Å². The lowest BCUT2D eigenvalue weighted by Gasteiger charge is -2.06. The summed E-state index contributed by atoms with van der Waals surface area (Å²) in [6.45, 7) is -0.175. The number of pyridine rings is 1. The van der Waals surface area contributed by atoms with Crippen LogP contribution in [-0.4, -0.2) is 23.3 Å². The maximum Gasteiger partial charge on any atom is 0.251 e. The molecule has 0 saturated carbocycles. The lowest BCUT2D eigenvalue weighted by Crippen LogP contribution is -2.32. The van der Waals surface area contributed by atoms with Gasteiger partial charge in [-0.3, -0.25) is 9.59 Å². The van der Waals surface area contributed by atoms with E-state index in [1.807, 2.05) is 0 Å². The van der Waals surface area contributed by atoms with E-state index < -0.39 is 11.9 Å². The molecule has 1 aromatic heterocycles. The molecular weight excluding hydrogens is 261 g/mol. The molecule has 0 fully saturated rings. The second kappa shape index (κ2) is 6.42. The molecule has 2 aromatic rings. The van der Waals surface area contributed by atoms with Crippen molar-refractivity contribution in [2.24, 2.45) is 0 Å². The molecule has 0 atom stereocenters. The fourth-order valence-electron chi connectivity index (χ4n) is 1.51. The van der Waals surface area contributed by atoms with Crippen molar-refractivity contribution in [3.63, 3.8) is 0 Å². The number of halogens is 1. The first-order chi connectivity index (χ1) is 9.65. The van der Waals surface area contributed by atoms with E-state index in [1.165, 1.54) is 12.3 Å². The SMILES string of the molecule is O=C(CNC(=O)c1ccccc1)Nc1ccc(F)nc1. The first-order valence-electron chi connectivity index (χ1n) is 5.90. The number of aromatic nitrogens is 1. The van der Waals surface area contributed by atoms with E-state index in [1.54, 1.807) is 30.3 Å². The van der Waals surface area contributed by atoms with Gasteiger partial charge in [0.2, 0.25) is 11.9 Å². The zero-order valence-electron chi connectivity index (χ0n) is 10.5. The molecule has 0 spiro atoms. The van der Waals surface area contributed by atoms with E-state index in [0.717, 1.165) is 6.07 Å². The molecule has 1 heterocycles. The molecule has 0 radical (unpaired) electrons. The maximum absolute atomic E-state index is 12.6. The van der Waals surface area contributed by atoms with E-state index in [9.17, 15) is 14.0 Å². The smallest absolute Gasteiger partial charge is 0.251 e. The number of anilines is 1. The van der Waals surface area contributed by atoms with Gasteiger partial charge in [-0.25, -0.2) is 4.98 Å². The van der Waals surface area contributed by atoms with Crippen molar-refractivity contribution in [3.8, 4) is 0 Å². The molecule has 0 aliphatic carbocycles. The molecule has 0 unspecified atom stereocenters. The highest BCUT2D eigenvalue weighted by molar-refractivity contribution is 5.99. The van der Waals surface area contributed by atoms with Crippen molar-refractivity contribution >= 4 is 17.5 Å². The number of hydrogen-bond acceptors (Lipinski definition) is 3. The van der Waals surface area contributed by atoms with Gasteiger partial charge in [-0.1, -0.05) is 18.2 Å². The normalized spacial score (nSPS) is 9.85. The second-order valence-electron chi connectivity index (χ2n) is 3.97. The monoisotopic (exact) mass is 273 g/mol. The number of carbonyl (C=O) groups excluding carboxylic acids is 2. The largest absolute Gasteiger partial charge is 0.343 e. The molecule has 20 heavy (non-hydrogen) atoms. The molecule has 102 valence electrons. The lowest BCUT2D eigenvalue weighted by atomic mass is 10.2. The number of carbonyl (C=O) groups is 2. The summed E-state index contributed by atoms with van der Waals surface area (Å²) in [7, 11) is 0. The quantitative estimate of drug-likeness (QED) is 0.831. The van der Waals surface area contributed by atoms with Crippen molar-refractivity contribution in [2.75, 3.05) is 11.9 Å². The van der Waals surface area contributed by atoms with Crippen molar-refractivity contribution in [1.82, 2.24) is 10.3 Å². The third-order valence-corrected chi connectivity index (χ3v) is 2.46. The first kappa shape index (κ1) is 13.7. The van der Waals surface area contributed by atoms with Gasteiger partial charge in [0.25, 0.3) is 5.91 Å². The van der Waals surface area contributed by atoms with Crippen LogP contribution in [0.25, 0.3) is 0 Å². The second-order valence-corrected chi connectivity index (χ2v) is 3.97. The Hall–Kier alpha value is -2.76. The highest BCUT2D eigenvalue weighted by Crippen LogP contribution is 2.04. The Morgan fingerprint density at radius 2 is 1.85 bits per heavy atom. The summed E-state index contributed by atoms with van der Waals surface area (Å²) in [5.41, 5.74) is 0.842. The van der Waals surface area contributed by atoms with Crippen molar-refractivity contribution < 1.29 is 14.0 Å². The van der Waals surface area contributed by atoms with Crippen LogP contribution >= 0.6 is 0 Å². The van der Waals surface area contributed by atoms with Gasteiger partial charge in [0.1, 0.15) is 0 Å². The van der Waals surface area contributed by atoms with E-state index >= 15 is 0 Å². The van der Waals surface area contributed by atoms with Crippen molar-refractivity contribution in [1.29, 1.82) is 0 Å². The van der Waals surface area contributed by atoms with Gasteiger partial charge in [0.05, 0.1) is 18.4 Å². The van der Waals surface area contributed by atoms with E-state index in [2.05, 4.69) is 15.6 Å². The Bertz CT molecular complexity index is 600. The molecule has 0 aliphatic rings. The van der Waals surface area contributed by atoms with Gasteiger partial charge >= 0.3 is 0 Å². The number of rotatable bonds is 4. The summed E-state index contributed by atoms with van der Waals surface area (Å²) in [6, 6.07) is 11.1. The van der Waals surface area contributed by atoms with Crippen molar-refractivity contribution in [3.05, 3.63) is 60.2 Å². The molecule has 5 nitrogen and oxygen atoms in total. The van der Waals surface area contributed by atoms with Crippen LogP contribution in [0.3, 0.4) is 0 Å². The lowest BCUT2D eigenvalue weighted by molar-refractivity contribution is -0.115. The average Bonchev–Trinajstić information content (AvgIpc) is 2.48. The zero-order chi connectivity index (χ0) is 14.4. The first-order valence-corrected chi connectivity index (χ1v) is 5.90. The van der Waals surface area contributed by atoms with Gasteiger partial charge in [0.15, 0.2) is 0 Å². The topological polar surface area (TPSA) is 71.1 Å². The summed E-state index contributed by atoms with van der Waals surface area (Å²) in [6.07, 6.45) is 1.20. The minimum Gasteiger partial charge on any atom is -0.343 e. The molecule has 0 saturated heterocycles. The Labute approximate surface area is 114 Å². The van der Waals surface area contributed by atoms with E-state index in [-0.39, 0.29) is 12.5 Å². The van der Waals surface area contributed by atoms with Crippen LogP contribution < -0.4 is 10.6 Å². The van der Waals surface area contributed by atoms with Gasteiger partial charge in [-0.05, 0) is 24.3 Å². The summed E-state index contributed by atoms with van der Waals surface area (Å²) in [4.78, 5) is 26.7. The number of nitrogens with one attached hydrogen (secondary N) is 2.